The Morgan fingerprint density at radius 1 is 1.50 bits per heavy atom. The minimum absolute atomic E-state index is 0.198. The first-order chi connectivity index (χ1) is 6.77. The molecule has 0 aliphatic rings. The molecule has 0 aromatic heterocycles. The van der Waals surface area contributed by atoms with Crippen LogP contribution in [0.3, 0.4) is 0 Å². The second-order valence-corrected chi connectivity index (χ2v) is 3.93. The highest BCUT2D eigenvalue weighted by atomic mass is 32.2. The zero-order valence-electron chi connectivity index (χ0n) is 7.73. The van der Waals surface area contributed by atoms with Crippen LogP contribution >= 0.6 is 11.8 Å². The number of thioether (sulfide) groups is 1. The molecule has 0 unspecified atom stereocenters. The molecule has 0 bridgehead atoms. The molecule has 0 fully saturated rings. The van der Waals surface area contributed by atoms with Gasteiger partial charge in [0.15, 0.2) is 0 Å². The zero-order chi connectivity index (χ0) is 10.4. The Bertz CT molecular complexity index is 346. The van der Waals surface area contributed by atoms with Crippen molar-refractivity contribution in [2.24, 2.45) is 0 Å². The van der Waals surface area contributed by atoms with Crippen molar-refractivity contribution >= 4 is 17.4 Å². The standard InChI is InChI=1S/C10H12N2OS/c11-7-8-2-3-10(9(12)6-8)14-5-1-4-13/h2-3,6,13H,1,4-5,12H2. The maximum absolute atomic E-state index is 8.62. The number of hydrogen-bond donors (Lipinski definition) is 2. The highest BCUT2D eigenvalue weighted by molar-refractivity contribution is 7.99. The molecule has 4 heteroatoms. The number of benzene rings is 1. The Labute approximate surface area is 87.5 Å². The summed E-state index contributed by atoms with van der Waals surface area (Å²) >= 11 is 1.60. The number of nitrogens with zero attached hydrogens (tertiary/aromatic N) is 1. The summed E-state index contributed by atoms with van der Waals surface area (Å²) in [5.74, 6) is 0.840. The van der Waals surface area contributed by atoms with Crippen molar-refractivity contribution in [2.75, 3.05) is 18.1 Å². The normalized spacial score (nSPS) is 9.71. The van der Waals surface area contributed by atoms with Crippen LogP contribution in [0.1, 0.15) is 12.0 Å². The van der Waals surface area contributed by atoms with Crippen LogP contribution in [0.25, 0.3) is 0 Å². The number of nitrogens with two attached hydrogens (primary N) is 1. The molecule has 0 aliphatic heterocycles. The lowest BCUT2D eigenvalue weighted by Crippen LogP contribution is -1.91. The van der Waals surface area contributed by atoms with Crippen molar-refractivity contribution in [3.8, 4) is 6.07 Å². The molecule has 0 heterocycles. The lowest BCUT2D eigenvalue weighted by Gasteiger charge is -2.04. The van der Waals surface area contributed by atoms with Gasteiger partial charge in [0, 0.05) is 22.9 Å². The van der Waals surface area contributed by atoms with E-state index in [2.05, 4.69) is 0 Å². The molecule has 0 amide bonds. The first-order valence-electron chi connectivity index (χ1n) is 4.31. The average Bonchev–Trinajstić information content (AvgIpc) is 2.20. The number of aliphatic hydroxyl groups excluding tert-OH is 1. The van der Waals surface area contributed by atoms with E-state index in [1.54, 1.807) is 23.9 Å². The summed E-state index contributed by atoms with van der Waals surface area (Å²) in [7, 11) is 0. The van der Waals surface area contributed by atoms with Gasteiger partial charge in [-0.15, -0.1) is 11.8 Å². The summed E-state index contributed by atoms with van der Waals surface area (Å²) < 4.78 is 0. The lowest BCUT2D eigenvalue weighted by molar-refractivity contribution is 0.296. The first kappa shape index (κ1) is 10.9. The molecule has 0 atom stereocenters. The van der Waals surface area contributed by atoms with Gasteiger partial charge in [-0.3, -0.25) is 0 Å². The number of rotatable bonds is 4. The maximum Gasteiger partial charge on any atom is 0.0992 e. The van der Waals surface area contributed by atoms with Crippen LogP contribution < -0.4 is 5.73 Å². The van der Waals surface area contributed by atoms with Gasteiger partial charge in [-0.05, 0) is 24.6 Å². The van der Waals surface area contributed by atoms with E-state index in [9.17, 15) is 0 Å². The van der Waals surface area contributed by atoms with Crippen LogP contribution in [0.15, 0.2) is 23.1 Å². The molecule has 0 radical (unpaired) electrons. The summed E-state index contributed by atoms with van der Waals surface area (Å²) in [6, 6.07) is 7.29. The van der Waals surface area contributed by atoms with Crippen molar-refractivity contribution in [1.29, 1.82) is 5.26 Å². The molecule has 1 rings (SSSR count). The Morgan fingerprint density at radius 2 is 2.29 bits per heavy atom. The van der Waals surface area contributed by atoms with E-state index in [1.807, 2.05) is 12.1 Å². The van der Waals surface area contributed by atoms with Crippen molar-refractivity contribution in [1.82, 2.24) is 0 Å². The van der Waals surface area contributed by atoms with Gasteiger partial charge in [-0.2, -0.15) is 5.26 Å². The largest absolute Gasteiger partial charge is 0.398 e. The van der Waals surface area contributed by atoms with E-state index < -0.39 is 0 Å². The van der Waals surface area contributed by atoms with E-state index >= 15 is 0 Å². The monoisotopic (exact) mass is 208 g/mol. The molecular weight excluding hydrogens is 196 g/mol. The Kier molecular flexibility index (Phi) is 4.30. The molecule has 14 heavy (non-hydrogen) atoms. The van der Waals surface area contributed by atoms with Crippen LogP contribution in [0.4, 0.5) is 5.69 Å². The van der Waals surface area contributed by atoms with Crippen LogP contribution in [0, 0.1) is 11.3 Å². The zero-order valence-corrected chi connectivity index (χ0v) is 8.55. The molecule has 0 spiro atoms. The van der Waals surface area contributed by atoms with Crippen LogP contribution in [0.5, 0.6) is 0 Å². The predicted molar refractivity (Wildman–Crippen MR) is 58.0 cm³/mol. The highest BCUT2D eigenvalue weighted by Gasteiger charge is 2.00. The molecule has 74 valence electrons. The van der Waals surface area contributed by atoms with Gasteiger partial charge in [-0.1, -0.05) is 0 Å². The minimum Gasteiger partial charge on any atom is -0.398 e. The SMILES string of the molecule is N#Cc1ccc(SCCCO)c(N)c1. The van der Waals surface area contributed by atoms with Gasteiger partial charge < -0.3 is 10.8 Å². The third-order valence-corrected chi connectivity index (χ3v) is 2.87. The highest BCUT2D eigenvalue weighted by Crippen LogP contribution is 2.25. The Morgan fingerprint density at radius 3 is 2.86 bits per heavy atom. The minimum atomic E-state index is 0.198. The smallest absolute Gasteiger partial charge is 0.0992 e. The Balaban J connectivity index is 2.65. The van der Waals surface area contributed by atoms with Crippen molar-refractivity contribution in [3.05, 3.63) is 23.8 Å². The van der Waals surface area contributed by atoms with Crippen LogP contribution in [-0.2, 0) is 0 Å². The maximum atomic E-state index is 8.62. The number of nitrogen functional groups attached to an aromatic ring is 1. The first-order valence-corrected chi connectivity index (χ1v) is 5.29. The summed E-state index contributed by atoms with van der Waals surface area (Å²) in [6.45, 7) is 0.198. The summed E-state index contributed by atoms with van der Waals surface area (Å²) in [6.07, 6.45) is 0.754. The number of anilines is 1. The van der Waals surface area contributed by atoms with Gasteiger partial charge in [0.1, 0.15) is 0 Å². The molecular formula is C10H12N2OS. The average molecular weight is 208 g/mol. The lowest BCUT2D eigenvalue weighted by atomic mass is 10.2. The van der Waals surface area contributed by atoms with E-state index in [4.69, 9.17) is 16.1 Å². The van der Waals surface area contributed by atoms with E-state index in [-0.39, 0.29) is 6.61 Å². The number of nitriles is 1. The number of hydrogen-bond acceptors (Lipinski definition) is 4. The fraction of sp³-hybridized carbons (Fsp3) is 0.300. The third-order valence-electron chi connectivity index (χ3n) is 1.70. The molecule has 0 saturated carbocycles. The quantitative estimate of drug-likeness (QED) is 0.448. The van der Waals surface area contributed by atoms with Gasteiger partial charge >= 0.3 is 0 Å². The topological polar surface area (TPSA) is 70.0 Å². The second-order valence-electron chi connectivity index (χ2n) is 2.79. The van der Waals surface area contributed by atoms with E-state index in [1.165, 1.54) is 0 Å². The molecule has 1 aromatic carbocycles. The van der Waals surface area contributed by atoms with Crippen molar-refractivity contribution in [3.63, 3.8) is 0 Å². The second kappa shape index (κ2) is 5.53. The molecule has 3 N–H and O–H groups in total. The summed E-state index contributed by atoms with van der Waals surface area (Å²) in [4.78, 5) is 0.970. The van der Waals surface area contributed by atoms with Crippen LogP contribution in [0.2, 0.25) is 0 Å². The third kappa shape index (κ3) is 2.95. The van der Waals surface area contributed by atoms with E-state index in [0.29, 0.717) is 11.3 Å². The predicted octanol–water partition coefficient (Wildman–Crippen LogP) is 1.61. The summed E-state index contributed by atoms with van der Waals surface area (Å²) in [5.41, 5.74) is 6.95. The summed E-state index contributed by atoms with van der Waals surface area (Å²) in [5, 5.41) is 17.2. The fourth-order valence-electron chi connectivity index (χ4n) is 0.996. The van der Waals surface area contributed by atoms with E-state index in [0.717, 1.165) is 17.1 Å². The molecule has 3 nitrogen and oxygen atoms in total. The molecule has 0 saturated heterocycles. The van der Waals surface area contributed by atoms with Crippen molar-refractivity contribution in [2.45, 2.75) is 11.3 Å². The van der Waals surface area contributed by atoms with Gasteiger partial charge in [0.05, 0.1) is 11.6 Å². The van der Waals surface area contributed by atoms with Crippen LogP contribution in [-0.4, -0.2) is 17.5 Å². The van der Waals surface area contributed by atoms with Gasteiger partial charge in [-0.25, -0.2) is 0 Å². The molecule has 1 aromatic rings. The van der Waals surface area contributed by atoms with Gasteiger partial charge in [0.2, 0.25) is 0 Å². The van der Waals surface area contributed by atoms with Crippen molar-refractivity contribution < 1.29 is 5.11 Å². The molecule has 0 aliphatic carbocycles. The number of aliphatic hydroxyl groups is 1. The van der Waals surface area contributed by atoms with Gasteiger partial charge in [0.25, 0.3) is 0 Å². The Hall–Kier alpha value is -1.18. The fourth-order valence-corrected chi connectivity index (χ4v) is 1.88.